The lowest BCUT2D eigenvalue weighted by molar-refractivity contribution is -0.148. The fourth-order valence-electron chi connectivity index (χ4n) is 2.35. The van der Waals surface area contributed by atoms with Gasteiger partial charge in [0.1, 0.15) is 5.92 Å². The van der Waals surface area contributed by atoms with Crippen molar-refractivity contribution in [2.24, 2.45) is 5.92 Å². The van der Waals surface area contributed by atoms with Crippen molar-refractivity contribution in [1.29, 1.82) is 0 Å². The minimum Gasteiger partial charge on any atom is -0.465 e. The van der Waals surface area contributed by atoms with Crippen LogP contribution in [0.1, 0.15) is 31.4 Å². The molecule has 0 unspecified atom stereocenters. The van der Waals surface area contributed by atoms with Crippen LogP contribution in [0.2, 0.25) is 10.0 Å². The van der Waals surface area contributed by atoms with Crippen molar-refractivity contribution in [2.75, 3.05) is 6.61 Å². The zero-order valence-corrected chi connectivity index (χ0v) is 14.2. The Balaban J connectivity index is 2.27. The van der Waals surface area contributed by atoms with Gasteiger partial charge in [-0.25, -0.2) is 4.79 Å². The summed E-state index contributed by atoms with van der Waals surface area (Å²) in [5, 5.41) is 5.99. The maximum Gasteiger partial charge on any atom is 0.319 e. The summed E-state index contributed by atoms with van der Waals surface area (Å²) in [6, 6.07) is 3.92. The highest BCUT2D eigenvalue weighted by Gasteiger charge is 2.39. The Bertz CT molecular complexity index is 634. The third kappa shape index (κ3) is 4.18. The first-order valence-electron chi connectivity index (χ1n) is 7.32. The highest BCUT2D eigenvalue weighted by atomic mass is 35.5. The maximum atomic E-state index is 12.4. The molecule has 7 heteroatoms. The van der Waals surface area contributed by atoms with Gasteiger partial charge in [-0.05, 0) is 24.1 Å². The van der Waals surface area contributed by atoms with Gasteiger partial charge in [-0.15, -0.1) is 0 Å². The van der Waals surface area contributed by atoms with Crippen molar-refractivity contribution in [3.8, 4) is 0 Å². The van der Waals surface area contributed by atoms with E-state index in [0.29, 0.717) is 27.9 Å². The summed E-state index contributed by atoms with van der Waals surface area (Å²) < 4.78 is 5.28. The first-order valence-corrected chi connectivity index (χ1v) is 8.07. The molecule has 1 aromatic carbocycles. The zero-order valence-electron chi connectivity index (χ0n) is 12.7. The van der Waals surface area contributed by atoms with Crippen LogP contribution in [0.25, 0.3) is 0 Å². The molecule has 0 aromatic heterocycles. The van der Waals surface area contributed by atoms with Crippen molar-refractivity contribution in [2.45, 2.75) is 25.8 Å². The predicted molar refractivity (Wildman–Crippen MR) is 89.4 cm³/mol. The molecule has 5 nitrogen and oxygen atoms in total. The normalized spacial score (nSPS) is 20.7. The molecule has 2 rings (SSSR count). The number of hydrogen-bond donors (Lipinski definition) is 2. The monoisotopic (exact) mass is 356 g/mol. The van der Waals surface area contributed by atoms with Crippen molar-refractivity contribution in [1.82, 2.24) is 10.6 Å². The predicted octanol–water partition coefficient (Wildman–Crippen LogP) is 3.82. The summed E-state index contributed by atoms with van der Waals surface area (Å²) in [5.41, 5.74) is 0.958. The first kappa shape index (κ1) is 17.6. The lowest BCUT2D eigenvalue weighted by Crippen LogP contribution is -2.51. The Morgan fingerprint density at radius 1 is 1.35 bits per heavy atom. The van der Waals surface area contributed by atoms with Gasteiger partial charge in [-0.2, -0.15) is 0 Å². The molecule has 1 fully saturated rings. The van der Waals surface area contributed by atoms with Crippen LogP contribution >= 0.6 is 23.2 Å². The van der Waals surface area contributed by atoms with Gasteiger partial charge in [0.25, 0.3) is 0 Å². The number of hydrogen-bond acceptors (Lipinski definition) is 3. The second kappa shape index (κ2) is 7.70. The molecular weight excluding hydrogens is 339 g/mol. The number of nitrogens with one attached hydrogen (secondary N) is 2. The second-order valence-electron chi connectivity index (χ2n) is 5.27. The number of esters is 1. The number of rotatable bonds is 5. The Labute approximate surface area is 145 Å². The van der Waals surface area contributed by atoms with E-state index in [1.807, 2.05) is 6.92 Å². The number of carbonyl (C=O) groups excluding carboxylic acids is 2. The highest BCUT2D eigenvalue weighted by Crippen LogP contribution is 2.33. The van der Waals surface area contributed by atoms with Crippen LogP contribution in [0.3, 0.4) is 0 Å². The molecule has 1 aromatic rings. The van der Waals surface area contributed by atoms with E-state index in [0.717, 1.165) is 12.8 Å². The zero-order chi connectivity index (χ0) is 17.0. The van der Waals surface area contributed by atoms with Gasteiger partial charge < -0.3 is 15.4 Å². The fourth-order valence-corrected chi connectivity index (χ4v) is 2.66. The van der Waals surface area contributed by atoms with E-state index in [1.54, 1.807) is 18.2 Å². The molecule has 1 aliphatic heterocycles. The summed E-state index contributed by atoms with van der Waals surface area (Å²) in [4.78, 5) is 24.1. The van der Waals surface area contributed by atoms with E-state index >= 15 is 0 Å². The molecule has 2 N–H and O–H groups in total. The van der Waals surface area contributed by atoms with E-state index in [-0.39, 0.29) is 0 Å². The third-order valence-corrected chi connectivity index (χ3v) is 4.31. The number of benzene rings is 1. The maximum absolute atomic E-state index is 12.4. The second-order valence-corrected chi connectivity index (χ2v) is 6.09. The molecular formula is C16H18Cl2N2O3. The molecule has 2 atom stereocenters. The van der Waals surface area contributed by atoms with Gasteiger partial charge in [0.2, 0.25) is 0 Å². The Morgan fingerprint density at radius 3 is 2.74 bits per heavy atom. The molecule has 0 spiro atoms. The van der Waals surface area contributed by atoms with Gasteiger partial charge in [0.15, 0.2) is 0 Å². The van der Waals surface area contributed by atoms with Crippen LogP contribution in [-0.2, 0) is 9.53 Å². The van der Waals surface area contributed by atoms with Crippen LogP contribution in [0, 0.1) is 5.92 Å². The van der Waals surface area contributed by atoms with Crippen LogP contribution in [-0.4, -0.2) is 18.6 Å². The van der Waals surface area contributed by atoms with E-state index in [1.165, 1.54) is 0 Å². The lowest BCUT2D eigenvalue weighted by atomic mass is 9.89. The van der Waals surface area contributed by atoms with Gasteiger partial charge in [0.05, 0.1) is 22.7 Å². The number of carbonyl (C=O) groups is 2. The van der Waals surface area contributed by atoms with Crippen LogP contribution in [0.5, 0.6) is 0 Å². The summed E-state index contributed by atoms with van der Waals surface area (Å²) in [6.07, 6.45) is 1.70. The molecule has 0 saturated carbocycles. The van der Waals surface area contributed by atoms with Gasteiger partial charge >= 0.3 is 12.0 Å². The fraction of sp³-hybridized carbons (Fsp3) is 0.375. The number of halogens is 2. The Hall–Kier alpha value is -1.72. The first-order chi connectivity index (χ1) is 10.9. The van der Waals surface area contributed by atoms with E-state index in [4.69, 9.17) is 27.9 Å². The summed E-state index contributed by atoms with van der Waals surface area (Å²) in [7, 11) is 0. The Kier molecular flexibility index (Phi) is 5.91. The molecule has 0 aliphatic carbocycles. The molecule has 23 heavy (non-hydrogen) atoms. The quantitative estimate of drug-likeness (QED) is 0.622. The molecule has 0 radical (unpaired) electrons. The molecule has 1 saturated heterocycles. The Morgan fingerprint density at radius 2 is 2.09 bits per heavy atom. The standard InChI is InChI=1S/C16H18Cl2N2O3/c1-3-4-7-23-15(21)13-9(2)19-16(22)20-14(13)10-5-6-11(17)12(18)8-10/h5-6,8,13-14H,2-4,7H2,1H3,(H2,19,20,22)/t13-,14+/m0/s1. The smallest absolute Gasteiger partial charge is 0.319 e. The lowest BCUT2D eigenvalue weighted by Gasteiger charge is -2.33. The molecule has 1 heterocycles. The van der Waals surface area contributed by atoms with Crippen molar-refractivity contribution in [3.63, 3.8) is 0 Å². The topological polar surface area (TPSA) is 67.4 Å². The number of unbranched alkanes of at least 4 members (excludes halogenated alkanes) is 1. The summed E-state index contributed by atoms with van der Waals surface area (Å²) in [5.74, 6) is -1.17. The van der Waals surface area contributed by atoms with Crippen molar-refractivity contribution < 1.29 is 14.3 Å². The van der Waals surface area contributed by atoms with Crippen LogP contribution in [0.4, 0.5) is 4.79 Å². The molecule has 2 amide bonds. The minimum atomic E-state index is -0.734. The number of ether oxygens (including phenoxy) is 1. The van der Waals surface area contributed by atoms with E-state index in [2.05, 4.69) is 17.2 Å². The van der Waals surface area contributed by atoms with Crippen LogP contribution in [0.15, 0.2) is 30.5 Å². The number of urea groups is 1. The van der Waals surface area contributed by atoms with Crippen LogP contribution < -0.4 is 10.6 Å². The van der Waals surface area contributed by atoms with E-state index < -0.39 is 24.0 Å². The average molecular weight is 357 g/mol. The minimum absolute atomic E-state index is 0.298. The number of amides is 2. The van der Waals surface area contributed by atoms with E-state index in [9.17, 15) is 9.59 Å². The third-order valence-electron chi connectivity index (χ3n) is 3.57. The molecule has 1 aliphatic rings. The SMILES string of the molecule is C=C1NC(=O)N[C@H](c2ccc(Cl)c(Cl)c2)[C@H]1C(=O)OCCCC. The average Bonchev–Trinajstić information content (AvgIpc) is 2.49. The molecule has 0 bridgehead atoms. The van der Waals surface area contributed by atoms with Crippen molar-refractivity contribution >= 4 is 35.2 Å². The highest BCUT2D eigenvalue weighted by molar-refractivity contribution is 6.42. The largest absolute Gasteiger partial charge is 0.465 e. The van der Waals surface area contributed by atoms with Crippen molar-refractivity contribution in [3.05, 3.63) is 46.1 Å². The molecule has 124 valence electrons. The van der Waals surface area contributed by atoms with Gasteiger partial charge in [-0.1, -0.05) is 49.2 Å². The summed E-state index contributed by atoms with van der Waals surface area (Å²) in [6.45, 7) is 6.12. The van der Waals surface area contributed by atoms with Gasteiger partial charge in [-0.3, -0.25) is 4.79 Å². The summed E-state index contributed by atoms with van der Waals surface area (Å²) >= 11 is 12.0. The van der Waals surface area contributed by atoms with Gasteiger partial charge in [0, 0.05) is 5.70 Å².